The lowest BCUT2D eigenvalue weighted by Gasteiger charge is -2.47. The van der Waals surface area contributed by atoms with Gasteiger partial charge in [-0.05, 0) is 6.42 Å². The van der Waals surface area contributed by atoms with Crippen LogP contribution in [0.5, 0.6) is 0 Å². The van der Waals surface area contributed by atoms with E-state index >= 15 is 0 Å². The third kappa shape index (κ3) is 2.75. The quantitative estimate of drug-likeness (QED) is 0.544. The summed E-state index contributed by atoms with van der Waals surface area (Å²) in [6.07, 6.45) is 1.07. The molecule has 0 aliphatic carbocycles. The molecule has 0 amide bonds. The molecule has 1 atom stereocenters. The molecule has 16 heavy (non-hydrogen) atoms. The summed E-state index contributed by atoms with van der Waals surface area (Å²) in [5, 5.41) is 0. The predicted molar refractivity (Wildman–Crippen MR) is 80.4 cm³/mol. The first-order chi connectivity index (χ1) is 7.51. The standard InChI is InChI=1S/C11H28O2SSi2/c1-7-11(14,15(12-5)13-6)16(8-2,9-3)10-4/h14-15H,7-10H2,1-6H3/t11-/m1/s1. The topological polar surface area (TPSA) is 18.5 Å². The van der Waals surface area contributed by atoms with Gasteiger partial charge in [-0.1, -0.05) is 45.8 Å². The molecule has 2 nitrogen and oxygen atoms in total. The maximum absolute atomic E-state index is 5.64. The molecule has 0 aromatic rings. The van der Waals surface area contributed by atoms with Crippen molar-refractivity contribution < 1.29 is 8.85 Å². The second-order valence-electron chi connectivity index (χ2n) is 4.42. The van der Waals surface area contributed by atoms with Crippen LogP contribution in [0.3, 0.4) is 0 Å². The van der Waals surface area contributed by atoms with Gasteiger partial charge in [-0.2, -0.15) is 12.6 Å². The van der Waals surface area contributed by atoms with Crippen molar-refractivity contribution in [2.24, 2.45) is 0 Å². The molecule has 0 rings (SSSR count). The molecule has 0 unspecified atom stereocenters. The normalized spacial score (nSPS) is 16.5. The Labute approximate surface area is 109 Å². The van der Waals surface area contributed by atoms with Crippen LogP contribution in [0.2, 0.25) is 18.1 Å². The Morgan fingerprint density at radius 2 is 1.38 bits per heavy atom. The highest BCUT2D eigenvalue weighted by atomic mass is 32.1. The van der Waals surface area contributed by atoms with Crippen molar-refractivity contribution >= 4 is 30.0 Å². The highest BCUT2D eigenvalue weighted by Crippen LogP contribution is 2.41. The van der Waals surface area contributed by atoms with Crippen LogP contribution in [-0.4, -0.2) is 35.6 Å². The van der Waals surface area contributed by atoms with Gasteiger partial charge in [-0.25, -0.2) is 0 Å². The SMILES string of the molecule is CC[C@@](S)([SiH](OC)OC)[Si](CC)(CC)CC. The van der Waals surface area contributed by atoms with Crippen LogP contribution < -0.4 is 0 Å². The summed E-state index contributed by atoms with van der Waals surface area (Å²) in [5.74, 6) is 0. The molecular weight excluding hydrogens is 252 g/mol. The summed E-state index contributed by atoms with van der Waals surface area (Å²) in [6.45, 7) is 9.18. The maximum Gasteiger partial charge on any atom is 0.334 e. The Kier molecular flexibility index (Phi) is 7.52. The molecule has 0 heterocycles. The average Bonchev–Trinajstić information content (AvgIpc) is 2.33. The van der Waals surface area contributed by atoms with Crippen molar-refractivity contribution in [2.45, 2.75) is 56.2 Å². The van der Waals surface area contributed by atoms with E-state index in [9.17, 15) is 0 Å². The Balaban J connectivity index is 5.31. The molecule has 0 aromatic heterocycles. The number of rotatable bonds is 8. The largest absolute Gasteiger partial charge is 0.399 e. The van der Waals surface area contributed by atoms with Gasteiger partial charge in [0, 0.05) is 18.2 Å². The zero-order valence-corrected chi connectivity index (χ0v) is 14.7. The van der Waals surface area contributed by atoms with E-state index in [0.29, 0.717) is 0 Å². The Bertz CT molecular complexity index is 188. The van der Waals surface area contributed by atoms with Gasteiger partial charge < -0.3 is 8.85 Å². The summed E-state index contributed by atoms with van der Waals surface area (Å²) < 4.78 is 11.3. The molecule has 0 N–H and O–H groups in total. The van der Waals surface area contributed by atoms with Crippen LogP contribution in [0.15, 0.2) is 0 Å². The zero-order valence-electron chi connectivity index (χ0n) is 11.7. The van der Waals surface area contributed by atoms with Crippen molar-refractivity contribution in [3.63, 3.8) is 0 Å². The fraction of sp³-hybridized carbons (Fsp3) is 1.00. The molecular formula is C11H28O2SSi2. The van der Waals surface area contributed by atoms with E-state index in [0.717, 1.165) is 6.42 Å². The summed E-state index contributed by atoms with van der Waals surface area (Å²) >= 11 is 5.07. The van der Waals surface area contributed by atoms with E-state index in [1.54, 1.807) is 14.2 Å². The summed E-state index contributed by atoms with van der Waals surface area (Å²) in [4.78, 5) is 0. The lowest BCUT2D eigenvalue weighted by molar-refractivity contribution is 0.269. The minimum Gasteiger partial charge on any atom is -0.399 e. The minimum atomic E-state index is -1.67. The van der Waals surface area contributed by atoms with Gasteiger partial charge >= 0.3 is 9.28 Å². The molecule has 0 saturated carbocycles. The Morgan fingerprint density at radius 3 is 1.56 bits per heavy atom. The Hall–Kier alpha value is 0.704. The highest BCUT2D eigenvalue weighted by Gasteiger charge is 2.53. The fourth-order valence-corrected chi connectivity index (χ4v) is 14.9. The van der Waals surface area contributed by atoms with Gasteiger partial charge in [0.1, 0.15) is 0 Å². The molecule has 0 spiro atoms. The third-order valence-corrected chi connectivity index (χ3v) is 17.5. The fourth-order valence-electron chi connectivity index (χ4n) is 2.95. The number of hydrogen-bond donors (Lipinski definition) is 1. The molecule has 98 valence electrons. The monoisotopic (exact) mass is 280 g/mol. The van der Waals surface area contributed by atoms with Crippen LogP contribution >= 0.6 is 12.6 Å². The number of thiol groups is 1. The van der Waals surface area contributed by atoms with Crippen LogP contribution in [0.4, 0.5) is 0 Å². The van der Waals surface area contributed by atoms with Crippen LogP contribution in [-0.2, 0) is 8.85 Å². The van der Waals surface area contributed by atoms with Crippen molar-refractivity contribution in [3.8, 4) is 0 Å². The zero-order chi connectivity index (χ0) is 12.8. The first kappa shape index (κ1) is 16.7. The van der Waals surface area contributed by atoms with E-state index in [2.05, 4.69) is 27.7 Å². The minimum absolute atomic E-state index is 0.0503. The van der Waals surface area contributed by atoms with E-state index in [1.807, 2.05) is 0 Å². The maximum atomic E-state index is 5.64. The van der Waals surface area contributed by atoms with Crippen LogP contribution in [0.1, 0.15) is 34.1 Å². The van der Waals surface area contributed by atoms with E-state index < -0.39 is 17.4 Å². The van der Waals surface area contributed by atoms with E-state index in [-0.39, 0.29) is 3.99 Å². The summed E-state index contributed by atoms with van der Waals surface area (Å²) in [5.41, 5.74) is 0. The van der Waals surface area contributed by atoms with Gasteiger partial charge in [0.2, 0.25) is 0 Å². The highest BCUT2D eigenvalue weighted by molar-refractivity contribution is 7.86. The average molecular weight is 281 g/mol. The molecule has 0 bridgehead atoms. The molecule has 5 heteroatoms. The number of hydrogen-bond acceptors (Lipinski definition) is 3. The van der Waals surface area contributed by atoms with Crippen LogP contribution in [0.25, 0.3) is 0 Å². The predicted octanol–water partition coefficient (Wildman–Crippen LogP) is 3.17. The molecule has 0 radical (unpaired) electrons. The summed E-state index contributed by atoms with van der Waals surface area (Å²) in [7, 11) is 0.484. The first-order valence-corrected chi connectivity index (χ1v) is 10.9. The first-order valence-electron chi connectivity index (χ1n) is 6.29. The summed E-state index contributed by atoms with van der Waals surface area (Å²) in [6, 6.07) is 3.81. The smallest absolute Gasteiger partial charge is 0.334 e. The lowest BCUT2D eigenvalue weighted by Crippen LogP contribution is -2.63. The van der Waals surface area contributed by atoms with Crippen molar-refractivity contribution in [3.05, 3.63) is 0 Å². The second-order valence-corrected chi connectivity index (χ2v) is 14.9. The third-order valence-electron chi connectivity index (χ3n) is 4.31. The van der Waals surface area contributed by atoms with Gasteiger partial charge in [-0.3, -0.25) is 0 Å². The van der Waals surface area contributed by atoms with E-state index in [1.165, 1.54) is 18.1 Å². The van der Waals surface area contributed by atoms with Gasteiger partial charge in [0.25, 0.3) is 0 Å². The van der Waals surface area contributed by atoms with Gasteiger partial charge in [0.15, 0.2) is 0 Å². The molecule has 0 aliphatic heterocycles. The van der Waals surface area contributed by atoms with Crippen molar-refractivity contribution in [2.75, 3.05) is 14.2 Å². The van der Waals surface area contributed by atoms with Crippen molar-refractivity contribution in [1.29, 1.82) is 0 Å². The Morgan fingerprint density at radius 1 is 1.00 bits per heavy atom. The van der Waals surface area contributed by atoms with Gasteiger partial charge in [-0.15, -0.1) is 0 Å². The van der Waals surface area contributed by atoms with E-state index in [4.69, 9.17) is 21.5 Å². The molecule has 0 fully saturated rings. The van der Waals surface area contributed by atoms with Crippen LogP contribution in [0, 0.1) is 0 Å². The molecule has 0 saturated heterocycles. The van der Waals surface area contributed by atoms with Gasteiger partial charge in [0.05, 0.1) is 8.07 Å². The van der Waals surface area contributed by atoms with Crippen molar-refractivity contribution in [1.82, 2.24) is 0 Å². The lowest BCUT2D eigenvalue weighted by atomic mass is 10.5. The molecule has 0 aliphatic rings. The second kappa shape index (κ2) is 7.21. The molecule has 0 aromatic carbocycles.